The number of rotatable bonds is 14. The Morgan fingerprint density at radius 3 is 2.23 bits per heavy atom. The van der Waals surface area contributed by atoms with Gasteiger partial charge in [0.15, 0.2) is 18.3 Å². The van der Waals surface area contributed by atoms with Crippen molar-refractivity contribution in [3.63, 3.8) is 0 Å². The molecule has 2 aromatic heterocycles. The van der Waals surface area contributed by atoms with Crippen molar-refractivity contribution in [2.45, 2.75) is 39.4 Å². The van der Waals surface area contributed by atoms with Gasteiger partial charge in [-0.2, -0.15) is 0 Å². The van der Waals surface area contributed by atoms with Crippen LogP contribution in [-0.4, -0.2) is 39.9 Å². The lowest BCUT2D eigenvalue weighted by atomic mass is 10.1. The minimum absolute atomic E-state index is 0.0776. The predicted molar refractivity (Wildman–Crippen MR) is 156 cm³/mol. The second-order valence-corrected chi connectivity index (χ2v) is 9.66. The topological polar surface area (TPSA) is 94.2 Å². The number of benzene rings is 3. The lowest BCUT2D eigenvalue weighted by Crippen LogP contribution is -2.06. The van der Waals surface area contributed by atoms with Crippen LogP contribution in [0.4, 0.5) is 5.82 Å². The molecule has 0 spiro atoms. The summed E-state index contributed by atoms with van der Waals surface area (Å²) in [5.41, 5.74) is 4.76. The summed E-state index contributed by atoms with van der Waals surface area (Å²) < 4.78 is 17.4. The molecule has 206 valence electrons. The van der Waals surface area contributed by atoms with Crippen molar-refractivity contribution in [3.8, 4) is 5.75 Å². The molecule has 0 aliphatic carbocycles. The highest BCUT2D eigenvalue weighted by Crippen LogP contribution is 2.24. The van der Waals surface area contributed by atoms with Gasteiger partial charge in [0, 0.05) is 18.9 Å². The normalized spacial score (nSPS) is 11.9. The van der Waals surface area contributed by atoms with Gasteiger partial charge in [-0.25, -0.2) is 15.0 Å². The molecule has 40 heavy (non-hydrogen) atoms. The number of nitrogens with zero attached hydrogens (tertiary/aromatic N) is 3. The van der Waals surface area contributed by atoms with Crippen molar-refractivity contribution >= 4 is 17.0 Å². The Morgan fingerprint density at radius 1 is 0.800 bits per heavy atom. The highest BCUT2D eigenvalue weighted by atomic mass is 16.7. The first-order chi connectivity index (χ1) is 19.7. The number of imidazole rings is 1. The number of hydrogen-bond donors (Lipinski definition) is 2. The first-order valence-corrected chi connectivity index (χ1v) is 13.6. The van der Waals surface area contributed by atoms with Gasteiger partial charge in [-0.15, -0.1) is 0 Å². The van der Waals surface area contributed by atoms with Crippen molar-refractivity contribution in [2.75, 3.05) is 25.3 Å². The Kier molecular flexibility index (Phi) is 9.34. The average Bonchev–Trinajstić information content (AvgIpc) is 3.42. The summed E-state index contributed by atoms with van der Waals surface area (Å²) in [6.07, 6.45) is 0.550. The Labute approximate surface area is 234 Å². The van der Waals surface area contributed by atoms with Crippen molar-refractivity contribution in [1.82, 2.24) is 19.9 Å². The molecule has 0 radical (unpaired) electrons. The highest BCUT2D eigenvalue weighted by molar-refractivity contribution is 5.83. The van der Waals surface area contributed by atoms with E-state index in [4.69, 9.17) is 29.2 Å². The molecule has 2 heterocycles. The van der Waals surface area contributed by atoms with Crippen molar-refractivity contribution in [1.29, 1.82) is 0 Å². The standard InChI is InChI=1S/C32H35N5O3/c1-3-33-31-29-32(37-30(36-29)23(2)19-38-20-24-11-6-4-7-12-24)35-28(34-31)18-26-15-10-16-27(17-26)40-22-39-21-25-13-8-5-9-14-25/h4-17,23H,3,18-22H2,1-2H3,(H2,33,34,35,36,37). The van der Waals surface area contributed by atoms with E-state index in [-0.39, 0.29) is 12.7 Å². The zero-order valence-electron chi connectivity index (χ0n) is 23.0. The Morgan fingerprint density at radius 2 is 1.50 bits per heavy atom. The van der Waals surface area contributed by atoms with Crippen LogP contribution in [0, 0.1) is 0 Å². The van der Waals surface area contributed by atoms with Crippen molar-refractivity contribution < 1.29 is 14.2 Å². The zero-order chi connectivity index (χ0) is 27.6. The lowest BCUT2D eigenvalue weighted by Gasteiger charge is -2.10. The number of aromatic nitrogens is 4. The molecular weight excluding hydrogens is 502 g/mol. The molecule has 0 saturated heterocycles. The third kappa shape index (κ3) is 7.43. The van der Waals surface area contributed by atoms with Crippen LogP contribution in [0.2, 0.25) is 0 Å². The molecule has 0 amide bonds. The third-order valence-corrected chi connectivity index (χ3v) is 6.39. The summed E-state index contributed by atoms with van der Waals surface area (Å²) in [4.78, 5) is 17.8. The smallest absolute Gasteiger partial charge is 0.189 e. The fourth-order valence-electron chi connectivity index (χ4n) is 4.35. The molecule has 3 aromatic carbocycles. The van der Waals surface area contributed by atoms with Crippen LogP contribution in [0.15, 0.2) is 84.9 Å². The van der Waals surface area contributed by atoms with Crippen LogP contribution in [0.3, 0.4) is 0 Å². The molecule has 8 nitrogen and oxygen atoms in total. The molecular formula is C32H35N5O3. The van der Waals surface area contributed by atoms with E-state index in [1.54, 1.807) is 0 Å². The van der Waals surface area contributed by atoms with Crippen LogP contribution >= 0.6 is 0 Å². The maximum absolute atomic E-state index is 5.95. The lowest BCUT2D eigenvalue weighted by molar-refractivity contribution is 0.00502. The number of aromatic amines is 1. The molecule has 0 bridgehead atoms. The number of hydrogen-bond acceptors (Lipinski definition) is 7. The van der Waals surface area contributed by atoms with Gasteiger partial charge in [0.05, 0.1) is 19.8 Å². The summed E-state index contributed by atoms with van der Waals surface area (Å²) in [7, 11) is 0. The van der Waals surface area contributed by atoms with Crippen molar-refractivity contribution in [3.05, 3.63) is 113 Å². The molecule has 2 N–H and O–H groups in total. The maximum atomic E-state index is 5.95. The van der Waals surface area contributed by atoms with Crippen LogP contribution in [0.5, 0.6) is 5.75 Å². The maximum Gasteiger partial charge on any atom is 0.189 e. The average molecular weight is 538 g/mol. The van der Waals surface area contributed by atoms with E-state index in [1.807, 2.05) is 79.7 Å². The minimum Gasteiger partial charge on any atom is -0.468 e. The molecule has 5 aromatic rings. The number of nitrogens with one attached hydrogen (secondary N) is 2. The van der Waals surface area contributed by atoms with Gasteiger partial charge < -0.3 is 24.5 Å². The van der Waals surface area contributed by atoms with Crippen LogP contribution in [-0.2, 0) is 29.1 Å². The summed E-state index contributed by atoms with van der Waals surface area (Å²) in [5.74, 6) is 3.09. The van der Waals surface area contributed by atoms with Gasteiger partial charge >= 0.3 is 0 Å². The van der Waals surface area contributed by atoms with E-state index in [0.717, 1.165) is 46.1 Å². The van der Waals surface area contributed by atoms with E-state index in [0.29, 0.717) is 37.7 Å². The van der Waals surface area contributed by atoms with Crippen LogP contribution in [0.25, 0.3) is 11.2 Å². The Bertz CT molecular complexity index is 1490. The van der Waals surface area contributed by atoms with E-state index in [1.165, 1.54) is 0 Å². The molecule has 0 aliphatic heterocycles. The van der Waals surface area contributed by atoms with Crippen molar-refractivity contribution in [2.24, 2.45) is 0 Å². The largest absolute Gasteiger partial charge is 0.468 e. The Balaban J connectivity index is 1.23. The summed E-state index contributed by atoms with van der Waals surface area (Å²) in [6.45, 7) is 6.68. The van der Waals surface area contributed by atoms with Gasteiger partial charge in [0.1, 0.15) is 22.9 Å². The molecule has 1 unspecified atom stereocenters. The van der Waals surface area contributed by atoms with Gasteiger partial charge in [-0.1, -0.05) is 79.7 Å². The molecule has 5 rings (SSSR count). The van der Waals surface area contributed by atoms with Crippen LogP contribution in [0.1, 0.15) is 48.1 Å². The monoisotopic (exact) mass is 537 g/mol. The third-order valence-electron chi connectivity index (χ3n) is 6.39. The minimum atomic E-state index is 0.0776. The van der Waals surface area contributed by atoms with E-state index in [9.17, 15) is 0 Å². The number of fused-ring (bicyclic) bond motifs is 1. The number of anilines is 1. The second-order valence-electron chi connectivity index (χ2n) is 9.66. The molecule has 0 fully saturated rings. The predicted octanol–water partition coefficient (Wildman–Crippen LogP) is 6.25. The highest BCUT2D eigenvalue weighted by Gasteiger charge is 2.17. The second kappa shape index (κ2) is 13.7. The summed E-state index contributed by atoms with van der Waals surface area (Å²) in [5, 5.41) is 3.36. The fraction of sp³-hybridized carbons (Fsp3) is 0.281. The summed E-state index contributed by atoms with van der Waals surface area (Å²) >= 11 is 0. The molecule has 0 aliphatic rings. The number of ether oxygens (including phenoxy) is 3. The number of H-pyrrole nitrogens is 1. The van der Waals surface area contributed by atoms with Gasteiger partial charge in [-0.3, -0.25) is 0 Å². The molecule has 1 atom stereocenters. The van der Waals surface area contributed by atoms with Gasteiger partial charge in [-0.05, 0) is 35.7 Å². The zero-order valence-corrected chi connectivity index (χ0v) is 23.0. The van der Waals surface area contributed by atoms with E-state index in [2.05, 4.69) is 29.4 Å². The Hall–Kier alpha value is -4.27. The van der Waals surface area contributed by atoms with E-state index < -0.39 is 0 Å². The van der Waals surface area contributed by atoms with Crippen LogP contribution < -0.4 is 10.1 Å². The first kappa shape index (κ1) is 27.3. The SMILES string of the molecule is CCNc1nc(Cc2cccc(OCOCc3ccccc3)c2)nc2nc(C(C)COCc3ccccc3)[nH]c12. The molecule has 8 heteroatoms. The van der Waals surface area contributed by atoms with Gasteiger partial charge in [0.25, 0.3) is 0 Å². The fourth-order valence-corrected chi connectivity index (χ4v) is 4.35. The quantitative estimate of drug-likeness (QED) is 0.128. The van der Waals surface area contributed by atoms with E-state index >= 15 is 0 Å². The first-order valence-electron chi connectivity index (χ1n) is 13.6. The summed E-state index contributed by atoms with van der Waals surface area (Å²) in [6, 6.07) is 28.1. The molecule has 0 saturated carbocycles. The van der Waals surface area contributed by atoms with Gasteiger partial charge in [0.2, 0.25) is 0 Å².